The molecule has 76 valence electrons. The lowest BCUT2D eigenvalue weighted by Gasteiger charge is -2.28. The lowest BCUT2D eigenvalue weighted by atomic mass is 10.3. The molecule has 1 N–H and O–H groups in total. The molecular weight excluding hydrogens is 178 g/mol. The standard InChI is InChI=1S/C9H15N5/c1-2-8-9(11-7-12-13-8)14-5-3-10-4-6-14/h7,10H,2-6H2,1H3. The molecule has 0 amide bonds. The Balaban J connectivity index is 2.20. The molecule has 2 heterocycles. The van der Waals surface area contributed by atoms with Gasteiger partial charge in [-0.05, 0) is 6.42 Å². The first-order chi connectivity index (χ1) is 6.92. The highest BCUT2D eigenvalue weighted by Gasteiger charge is 2.15. The van der Waals surface area contributed by atoms with E-state index in [4.69, 9.17) is 0 Å². The predicted octanol–water partition coefficient (Wildman–Crippen LogP) is -0.156. The van der Waals surface area contributed by atoms with Crippen LogP contribution in [-0.4, -0.2) is 41.4 Å². The number of rotatable bonds is 2. The molecule has 1 fully saturated rings. The zero-order valence-corrected chi connectivity index (χ0v) is 8.40. The molecule has 1 aromatic rings. The van der Waals surface area contributed by atoms with Crippen molar-refractivity contribution in [2.45, 2.75) is 13.3 Å². The van der Waals surface area contributed by atoms with Crippen molar-refractivity contribution >= 4 is 5.82 Å². The van der Waals surface area contributed by atoms with E-state index >= 15 is 0 Å². The Labute approximate surface area is 83.6 Å². The molecule has 0 aliphatic carbocycles. The number of aromatic nitrogens is 3. The van der Waals surface area contributed by atoms with E-state index in [0.717, 1.165) is 44.1 Å². The lowest BCUT2D eigenvalue weighted by Crippen LogP contribution is -2.44. The Morgan fingerprint density at radius 3 is 2.93 bits per heavy atom. The van der Waals surface area contributed by atoms with Gasteiger partial charge in [0.25, 0.3) is 0 Å². The van der Waals surface area contributed by atoms with Crippen molar-refractivity contribution in [3.8, 4) is 0 Å². The van der Waals surface area contributed by atoms with E-state index < -0.39 is 0 Å². The fourth-order valence-electron chi connectivity index (χ4n) is 1.66. The van der Waals surface area contributed by atoms with E-state index in [2.05, 4.69) is 32.3 Å². The molecule has 0 radical (unpaired) electrons. The fraction of sp³-hybridized carbons (Fsp3) is 0.667. The van der Waals surface area contributed by atoms with E-state index in [1.165, 1.54) is 6.33 Å². The van der Waals surface area contributed by atoms with Crippen molar-refractivity contribution in [1.82, 2.24) is 20.5 Å². The van der Waals surface area contributed by atoms with Crippen LogP contribution in [0.4, 0.5) is 5.82 Å². The van der Waals surface area contributed by atoms with E-state index in [0.29, 0.717) is 0 Å². The maximum atomic E-state index is 4.30. The van der Waals surface area contributed by atoms with Crippen molar-refractivity contribution in [3.63, 3.8) is 0 Å². The van der Waals surface area contributed by atoms with Crippen molar-refractivity contribution in [2.75, 3.05) is 31.1 Å². The van der Waals surface area contributed by atoms with E-state index in [-0.39, 0.29) is 0 Å². The number of anilines is 1. The van der Waals surface area contributed by atoms with Crippen LogP contribution in [0.3, 0.4) is 0 Å². The summed E-state index contributed by atoms with van der Waals surface area (Å²) in [5.41, 5.74) is 0.995. The largest absolute Gasteiger partial charge is 0.352 e. The van der Waals surface area contributed by atoms with Crippen LogP contribution in [0.25, 0.3) is 0 Å². The highest BCUT2D eigenvalue weighted by atomic mass is 15.3. The molecule has 0 unspecified atom stereocenters. The van der Waals surface area contributed by atoms with Crippen molar-refractivity contribution in [1.29, 1.82) is 0 Å². The summed E-state index contributed by atoms with van der Waals surface area (Å²) in [4.78, 5) is 6.57. The van der Waals surface area contributed by atoms with E-state index in [1.54, 1.807) is 0 Å². The van der Waals surface area contributed by atoms with Gasteiger partial charge in [0.2, 0.25) is 0 Å². The summed E-state index contributed by atoms with van der Waals surface area (Å²) in [5.74, 6) is 1.00. The minimum Gasteiger partial charge on any atom is -0.352 e. The monoisotopic (exact) mass is 193 g/mol. The molecule has 1 aliphatic rings. The third kappa shape index (κ3) is 1.82. The first kappa shape index (κ1) is 9.33. The van der Waals surface area contributed by atoms with Crippen LogP contribution in [-0.2, 0) is 6.42 Å². The van der Waals surface area contributed by atoms with Crippen LogP contribution in [0.15, 0.2) is 6.33 Å². The molecule has 5 nitrogen and oxygen atoms in total. The molecule has 0 spiro atoms. The molecule has 0 saturated carbocycles. The maximum absolute atomic E-state index is 4.30. The van der Waals surface area contributed by atoms with Crippen molar-refractivity contribution in [3.05, 3.63) is 12.0 Å². The summed E-state index contributed by atoms with van der Waals surface area (Å²) in [6.45, 7) is 6.13. The highest BCUT2D eigenvalue weighted by Crippen LogP contribution is 2.14. The minimum atomic E-state index is 0.889. The quantitative estimate of drug-likeness (QED) is 0.707. The van der Waals surface area contributed by atoms with Crippen LogP contribution in [0, 0.1) is 0 Å². The minimum absolute atomic E-state index is 0.889. The molecular formula is C9H15N5. The Kier molecular flexibility index (Phi) is 2.88. The van der Waals surface area contributed by atoms with Gasteiger partial charge >= 0.3 is 0 Å². The zero-order valence-electron chi connectivity index (χ0n) is 8.40. The van der Waals surface area contributed by atoms with Gasteiger partial charge in [-0.15, -0.1) is 5.10 Å². The SMILES string of the molecule is CCc1nncnc1N1CCNCC1. The molecule has 1 aromatic heterocycles. The van der Waals surface area contributed by atoms with Crippen molar-refractivity contribution < 1.29 is 0 Å². The number of aryl methyl sites for hydroxylation is 1. The van der Waals surface area contributed by atoms with Crippen LogP contribution in [0.5, 0.6) is 0 Å². The number of nitrogens with zero attached hydrogens (tertiary/aromatic N) is 4. The molecule has 2 rings (SSSR count). The van der Waals surface area contributed by atoms with E-state index in [9.17, 15) is 0 Å². The number of piperazine rings is 1. The van der Waals surface area contributed by atoms with E-state index in [1.807, 2.05) is 0 Å². The zero-order chi connectivity index (χ0) is 9.80. The average molecular weight is 193 g/mol. The summed E-state index contributed by atoms with van der Waals surface area (Å²) in [7, 11) is 0. The van der Waals surface area contributed by atoms with Gasteiger partial charge < -0.3 is 10.2 Å². The Bertz CT molecular complexity index is 295. The predicted molar refractivity (Wildman–Crippen MR) is 54.3 cm³/mol. The normalized spacial score (nSPS) is 17.1. The summed E-state index contributed by atoms with van der Waals surface area (Å²) < 4.78 is 0. The molecule has 0 atom stereocenters. The summed E-state index contributed by atoms with van der Waals surface area (Å²) in [6, 6.07) is 0. The average Bonchev–Trinajstić information content (AvgIpc) is 2.30. The van der Waals surface area contributed by atoms with Gasteiger partial charge in [-0.1, -0.05) is 6.92 Å². The Morgan fingerprint density at radius 1 is 1.43 bits per heavy atom. The topological polar surface area (TPSA) is 53.9 Å². The van der Waals surface area contributed by atoms with Crippen LogP contribution < -0.4 is 10.2 Å². The van der Waals surface area contributed by atoms with Gasteiger partial charge in [0, 0.05) is 26.2 Å². The van der Waals surface area contributed by atoms with Gasteiger partial charge in [-0.25, -0.2) is 4.98 Å². The second-order valence-corrected chi connectivity index (χ2v) is 3.32. The fourth-order valence-corrected chi connectivity index (χ4v) is 1.66. The van der Waals surface area contributed by atoms with Gasteiger partial charge in [0.05, 0.1) is 0 Å². The number of nitrogens with one attached hydrogen (secondary N) is 1. The van der Waals surface area contributed by atoms with Crippen LogP contribution >= 0.6 is 0 Å². The maximum Gasteiger partial charge on any atom is 0.154 e. The van der Waals surface area contributed by atoms with Gasteiger partial charge in [0.1, 0.15) is 12.0 Å². The summed E-state index contributed by atoms with van der Waals surface area (Å²) in [6.07, 6.45) is 2.41. The third-order valence-corrected chi connectivity index (χ3v) is 2.42. The van der Waals surface area contributed by atoms with Gasteiger partial charge in [0.15, 0.2) is 5.82 Å². The smallest absolute Gasteiger partial charge is 0.154 e. The van der Waals surface area contributed by atoms with Gasteiger partial charge in [-0.3, -0.25) is 0 Å². The third-order valence-electron chi connectivity index (χ3n) is 2.42. The first-order valence-electron chi connectivity index (χ1n) is 5.04. The molecule has 0 bridgehead atoms. The summed E-state index contributed by atoms with van der Waals surface area (Å²) >= 11 is 0. The number of hydrogen-bond donors (Lipinski definition) is 1. The second kappa shape index (κ2) is 4.32. The summed E-state index contributed by atoms with van der Waals surface area (Å²) in [5, 5.41) is 11.2. The number of hydrogen-bond acceptors (Lipinski definition) is 5. The van der Waals surface area contributed by atoms with Crippen molar-refractivity contribution in [2.24, 2.45) is 0 Å². The Hall–Kier alpha value is -1.23. The van der Waals surface area contributed by atoms with Crippen LogP contribution in [0.2, 0.25) is 0 Å². The Morgan fingerprint density at radius 2 is 2.21 bits per heavy atom. The first-order valence-corrected chi connectivity index (χ1v) is 5.04. The van der Waals surface area contributed by atoms with Crippen LogP contribution in [0.1, 0.15) is 12.6 Å². The molecule has 5 heteroatoms. The lowest BCUT2D eigenvalue weighted by molar-refractivity contribution is 0.580. The molecule has 14 heavy (non-hydrogen) atoms. The molecule has 1 saturated heterocycles. The highest BCUT2D eigenvalue weighted by molar-refractivity contribution is 5.42. The second-order valence-electron chi connectivity index (χ2n) is 3.32. The molecule has 0 aromatic carbocycles. The molecule has 1 aliphatic heterocycles. The van der Waals surface area contributed by atoms with Gasteiger partial charge in [-0.2, -0.15) is 5.10 Å².